The van der Waals surface area contributed by atoms with Gasteiger partial charge in [-0.05, 0) is 51.4 Å². The van der Waals surface area contributed by atoms with Gasteiger partial charge in [-0.2, -0.15) is 0 Å². The normalized spacial score (nSPS) is 20.0. The van der Waals surface area contributed by atoms with Crippen molar-refractivity contribution in [3.8, 4) is 0 Å². The molecule has 2 aliphatic rings. The number of aliphatic imine (C=N–C) groups is 1. The van der Waals surface area contributed by atoms with E-state index in [0.29, 0.717) is 12.0 Å². The minimum atomic E-state index is 0. The van der Waals surface area contributed by atoms with Crippen LogP contribution in [-0.2, 0) is 0 Å². The van der Waals surface area contributed by atoms with Crippen molar-refractivity contribution in [1.82, 2.24) is 15.5 Å². The van der Waals surface area contributed by atoms with E-state index in [1.165, 1.54) is 32.2 Å². The Morgan fingerprint density at radius 2 is 1.86 bits per heavy atom. The summed E-state index contributed by atoms with van der Waals surface area (Å²) in [6, 6.07) is 1.32. The maximum absolute atomic E-state index is 4.77. The van der Waals surface area contributed by atoms with E-state index in [1.807, 2.05) is 0 Å². The Morgan fingerprint density at radius 1 is 1.18 bits per heavy atom. The van der Waals surface area contributed by atoms with Gasteiger partial charge < -0.3 is 10.6 Å². The van der Waals surface area contributed by atoms with E-state index >= 15 is 0 Å². The van der Waals surface area contributed by atoms with Gasteiger partial charge in [0, 0.05) is 31.7 Å². The maximum Gasteiger partial charge on any atom is 0.191 e. The first kappa shape index (κ1) is 20.0. The molecular formula is C17H35IN4. The van der Waals surface area contributed by atoms with Gasteiger partial charge in [-0.3, -0.25) is 9.89 Å². The average Bonchev–Trinajstić information content (AvgIpc) is 3.30. The zero-order valence-electron chi connectivity index (χ0n) is 14.8. The molecule has 0 bridgehead atoms. The lowest BCUT2D eigenvalue weighted by atomic mass is 10.1. The van der Waals surface area contributed by atoms with Gasteiger partial charge in [-0.15, -0.1) is 24.0 Å². The molecule has 0 amide bonds. The zero-order chi connectivity index (χ0) is 15.2. The summed E-state index contributed by atoms with van der Waals surface area (Å²) < 4.78 is 0. The fraction of sp³-hybridized carbons (Fsp3) is 0.941. The summed E-state index contributed by atoms with van der Waals surface area (Å²) in [6.07, 6.45) is 5.70. The molecule has 22 heavy (non-hydrogen) atoms. The maximum atomic E-state index is 4.77. The highest BCUT2D eigenvalue weighted by Gasteiger charge is 2.33. The number of rotatable bonds is 9. The van der Waals surface area contributed by atoms with Crippen molar-refractivity contribution in [2.75, 3.05) is 26.2 Å². The van der Waals surface area contributed by atoms with Gasteiger partial charge >= 0.3 is 0 Å². The summed E-state index contributed by atoms with van der Waals surface area (Å²) in [6.45, 7) is 13.1. The van der Waals surface area contributed by atoms with Crippen molar-refractivity contribution >= 4 is 29.9 Å². The molecule has 2 saturated carbocycles. The van der Waals surface area contributed by atoms with E-state index in [-0.39, 0.29) is 24.0 Å². The summed E-state index contributed by atoms with van der Waals surface area (Å²) >= 11 is 0. The highest BCUT2D eigenvalue weighted by atomic mass is 127. The minimum absolute atomic E-state index is 0. The second-order valence-electron chi connectivity index (χ2n) is 7.11. The molecule has 0 aromatic carbocycles. The molecule has 0 aromatic rings. The van der Waals surface area contributed by atoms with Crippen LogP contribution in [0.5, 0.6) is 0 Å². The van der Waals surface area contributed by atoms with Gasteiger partial charge in [0.15, 0.2) is 5.96 Å². The molecule has 0 heterocycles. The van der Waals surface area contributed by atoms with Gasteiger partial charge in [0.2, 0.25) is 0 Å². The molecule has 0 aliphatic heterocycles. The first-order chi connectivity index (χ1) is 10.1. The van der Waals surface area contributed by atoms with Crippen LogP contribution in [0.3, 0.4) is 0 Å². The molecule has 1 atom stereocenters. The Bertz CT molecular complexity index is 338. The molecule has 2 aliphatic carbocycles. The Hall–Kier alpha value is -0.0400. The van der Waals surface area contributed by atoms with Gasteiger partial charge in [0.25, 0.3) is 0 Å². The van der Waals surface area contributed by atoms with Crippen LogP contribution in [0, 0.1) is 11.8 Å². The van der Waals surface area contributed by atoms with Gasteiger partial charge in [-0.25, -0.2) is 0 Å². The first-order valence-electron chi connectivity index (χ1n) is 8.89. The number of nitrogens with zero attached hydrogens (tertiary/aromatic N) is 2. The van der Waals surface area contributed by atoms with Crippen molar-refractivity contribution in [2.24, 2.45) is 16.8 Å². The van der Waals surface area contributed by atoms with Crippen molar-refractivity contribution in [1.29, 1.82) is 0 Å². The van der Waals surface area contributed by atoms with Crippen molar-refractivity contribution in [3.05, 3.63) is 0 Å². The Morgan fingerprint density at radius 3 is 2.36 bits per heavy atom. The molecule has 130 valence electrons. The van der Waals surface area contributed by atoms with E-state index in [4.69, 9.17) is 4.99 Å². The van der Waals surface area contributed by atoms with Gasteiger partial charge in [-0.1, -0.05) is 13.8 Å². The van der Waals surface area contributed by atoms with Crippen molar-refractivity contribution < 1.29 is 0 Å². The third kappa shape index (κ3) is 7.49. The lowest BCUT2D eigenvalue weighted by molar-refractivity contribution is 0.260. The fourth-order valence-electron chi connectivity index (χ4n) is 2.49. The predicted molar refractivity (Wildman–Crippen MR) is 106 cm³/mol. The third-order valence-electron chi connectivity index (χ3n) is 4.62. The molecule has 2 fully saturated rings. The molecule has 0 aromatic heterocycles. The topological polar surface area (TPSA) is 39.7 Å². The average molecular weight is 422 g/mol. The van der Waals surface area contributed by atoms with Crippen LogP contribution in [0.2, 0.25) is 0 Å². The third-order valence-corrected chi connectivity index (χ3v) is 4.62. The summed E-state index contributed by atoms with van der Waals surface area (Å²) in [5.74, 6) is 2.58. The van der Waals surface area contributed by atoms with Crippen molar-refractivity contribution in [3.63, 3.8) is 0 Å². The van der Waals surface area contributed by atoms with E-state index in [9.17, 15) is 0 Å². The quantitative estimate of drug-likeness (QED) is 0.341. The van der Waals surface area contributed by atoms with Crippen LogP contribution in [0.15, 0.2) is 4.99 Å². The molecule has 5 heteroatoms. The zero-order valence-corrected chi connectivity index (χ0v) is 17.1. The molecule has 2 N–H and O–H groups in total. The summed E-state index contributed by atoms with van der Waals surface area (Å²) in [4.78, 5) is 7.44. The largest absolute Gasteiger partial charge is 0.357 e. The van der Waals surface area contributed by atoms with Gasteiger partial charge in [0.1, 0.15) is 0 Å². The molecule has 4 nitrogen and oxygen atoms in total. The van der Waals surface area contributed by atoms with Crippen LogP contribution < -0.4 is 10.6 Å². The number of hydrogen-bond acceptors (Lipinski definition) is 2. The molecule has 0 saturated heterocycles. The summed E-state index contributed by atoms with van der Waals surface area (Å²) in [5, 5.41) is 6.87. The van der Waals surface area contributed by atoms with Crippen LogP contribution >= 0.6 is 24.0 Å². The van der Waals surface area contributed by atoms with E-state index in [0.717, 1.165) is 37.6 Å². The molecule has 2 rings (SSSR count). The second kappa shape index (κ2) is 9.96. The standard InChI is InChI=1S/C17H34N4.HI/c1-5-18-17(20-14(4)13(2)3)19-10-11-21(16-8-9-16)12-15-6-7-15;/h13-16H,5-12H2,1-4H3,(H2,18,19,20);1H. The summed E-state index contributed by atoms with van der Waals surface area (Å²) in [5.41, 5.74) is 0. The molecular weight excluding hydrogens is 387 g/mol. The Kier molecular flexibility index (Phi) is 9.05. The number of halogens is 1. The molecule has 1 unspecified atom stereocenters. The van der Waals surface area contributed by atoms with Crippen molar-refractivity contribution in [2.45, 2.75) is 65.5 Å². The monoisotopic (exact) mass is 422 g/mol. The van der Waals surface area contributed by atoms with Crippen LogP contribution in [0.4, 0.5) is 0 Å². The smallest absolute Gasteiger partial charge is 0.191 e. The number of hydrogen-bond donors (Lipinski definition) is 2. The molecule has 0 radical (unpaired) electrons. The minimum Gasteiger partial charge on any atom is -0.357 e. The predicted octanol–water partition coefficient (Wildman–Crippen LogP) is 3.08. The second-order valence-corrected chi connectivity index (χ2v) is 7.11. The Balaban J connectivity index is 0.00000242. The highest BCUT2D eigenvalue weighted by molar-refractivity contribution is 14.0. The summed E-state index contributed by atoms with van der Waals surface area (Å²) in [7, 11) is 0. The van der Waals surface area contributed by atoms with Gasteiger partial charge in [0.05, 0.1) is 6.54 Å². The van der Waals surface area contributed by atoms with Crippen LogP contribution in [0.25, 0.3) is 0 Å². The number of guanidine groups is 1. The van der Waals surface area contributed by atoms with E-state index < -0.39 is 0 Å². The lowest BCUT2D eigenvalue weighted by Gasteiger charge is -2.23. The molecule has 0 spiro atoms. The first-order valence-corrected chi connectivity index (χ1v) is 8.89. The van der Waals surface area contributed by atoms with Crippen LogP contribution in [0.1, 0.15) is 53.4 Å². The van der Waals surface area contributed by atoms with E-state index in [1.54, 1.807) is 0 Å². The van der Waals surface area contributed by atoms with Crippen LogP contribution in [-0.4, -0.2) is 49.1 Å². The van der Waals surface area contributed by atoms with E-state index in [2.05, 4.69) is 43.2 Å². The fourth-order valence-corrected chi connectivity index (χ4v) is 2.49. The number of nitrogens with one attached hydrogen (secondary N) is 2. The lowest BCUT2D eigenvalue weighted by Crippen LogP contribution is -2.44. The Labute approximate surface area is 153 Å². The SMILES string of the molecule is CCNC(=NCCN(CC1CC1)C1CC1)NC(C)C(C)C.I. The highest BCUT2D eigenvalue weighted by Crippen LogP contribution is 2.34.